The molecular weight excluding hydrogens is 368 g/mol. The van der Waals surface area contributed by atoms with Gasteiger partial charge in [-0.1, -0.05) is 32.0 Å². The molecule has 0 saturated heterocycles. The molecule has 158 valence electrons. The Hall–Kier alpha value is -2.67. The molecule has 7 nitrogen and oxygen atoms in total. The highest BCUT2D eigenvalue weighted by atomic mass is 16.2. The summed E-state index contributed by atoms with van der Waals surface area (Å²) in [7, 11) is 0. The van der Waals surface area contributed by atoms with Crippen molar-refractivity contribution in [2.75, 3.05) is 39.3 Å². The van der Waals surface area contributed by atoms with Crippen molar-refractivity contribution < 1.29 is 14.4 Å². The number of rotatable bonds is 11. The van der Waals surface area contributed by atoms with E-state index in [-0.39, 0.29) is 12.5 Å². The van der Waals surface area contributed by atoms with Crippen LogP contribution in [0.1, 0.15) is 38.1 Å². The number of carbonyl (C=O) groups is 3. The lowest BCUT2D eigenvalue weighted by atomic mass is 10.1. The highest BCUT2D eigenvalue weighted by molar-refractivity contribution is 6.45. The molecule has 0 spiro atoms. The summed E-state index contributed by atoms with van der Waals surface area (Å²) in [6.45, 7) is 12.3. The molecule has 0 radical (unpaired) electrons. The number of aromatic nitrogens is 1. The van der Waals surface area contributed by atoms with E-state index in [0.29, 0.717) is 37.1 Å². The summed E-state index contributed by atoms with van der Waals surface area (Å²) in [5.74, 6) is -1.21. The van der Waals surface area contributed by atoms with E-state index in [4.69, 9.17) is 0 Å². The van der Waals surface area contributed by atoms with Crippen LogP contribution >= 0.6 is 0 Å². The Labute approximate surface area is 172 Å². The molecule has 0 unspecified atom stereocenters. The Morgan fingerprint density at radius 3 is 2.24 bits per heavy atom. The van der Waals surface area contributed by atoms with Gasteiger partial charge in [0.1, 0.15) is 6.54 Å². The third-order valence-corrected chi connectivity index (χ3v) is 5.27. The molecule has 0 atom stereocenters. The fourth-order valence-electron chi connectivity index (χ4n) is 3.45. The molecule has 0 bridgehead atoms. The number of Topliss-reactive ketones (excluding diaryl/α,β-unsaturated/α-hetero) is 1. The second kappa shape index (κ2) is 10.8. The predicted octanol–water partition coefficient (Wildman–Crippen LogP) is 2.15. The summed E-state index contributed by atoms with van der Waals surface area (Å²) in [6, 6.07) is 7.36. The average molecular weight is 401 g/mol. The van der Waals surface area contributed by atoms with E-state index in [2.05, 4.69) is 24.1 Å². The molecule has 0 aliphatic carbocycles. The number of ketones is 1. The molecule has 0 aliphatic rings. The molecule has 0 saturated carbocycles. The molecule has 29 heavy (non-hydrogen) atoms. The van der Waals surface area contributed by atoms with Crippen molar-refractivity contribution in [3.8, 4) is 0 Å². The molecule has 7 heteroatoms. The third kappa shape index (κ3) is 5.44. The molecule has 1 N–H and O–H groups in total. The maximum atomic E-state index is 12.8. The number of nitrogens with zero attached hydrogens (tertiary/aromatic N) is 3. The van der Waals surface area contributed by atoms with Crippen molar-refractivity contribution in [2.45, 2.75) is 34.2 Å². The molecule has 2 amide bonds. The van der Waals surface area contributed by atoms with Crippen LogP contribution in [0.5, 0.6) is 0 Å². The minimum atomic E-state index is -0.616. The van der Waals surface area contributed by atoms with Crippen LogP contribution in [0.25, 0.3) is 10.9 Å². The van der Waals surface area contributed by atoms with Crippen LogP contribution in [0.4, 0.5) is 0 Å². The summed E-state index contributed by atoms with van der Waals surface area (Å²) in [5, 5.41) is 3.40. The smallest absolute Gasteiger partial charge is 0.292 e. The zero-order valence-electron chi connectivity index (χ0n) is 17.9. The van der Waals surface area contributed by atoms with Gasteiger partial charge in [0.05, 0.1) is 5.56 Å². The lowest BCUT2D eigenvalue weighted by Crippen LogP contribution is -2.38. The molecular formula is C22H32N4O3. The number of nitrogens with one attached hydrogen (secondary N) is 1. The standard InChI is InChI=1S/C22H32N4O3/c1-5-24(6-2)14-13-23-22(29)21(28)18-15-26(16-20(27)25(7-3)8-4)19-12-10-9-11-17(18)19/h9-12,15H,5-8,13-14,16H2,1-4H3,(H,23,29). The molecule has 0 aliphatic heterocycles. The fourth-order valence-corrected chi connectivity index (χ4v) is 3.45. The number of amides is 2. The van der Waals surface area contributed by atoms with E-state index in [9.17, 15) is 14.4 Å². The molecule has 1 aromatic heterocycles. The number of fused-ring (bicyclic) bond motifs is 1. The molecule has 2 aromatic rings. The Kier molecular flexibility index (Phi) is 8.39. The van der Waals surface area contributed by atoms with E-state index in [0.717, 1.165) is 18.6 Å². The fraction of sp³-hybridized carbons (Fsp3) is 0.500. The van der Waals surface area contributed by atoms with Gasteiger partial charge in [0.25, 0.3) is 11.7 Å². The Bertz CT molecular complexity index is 851. The zero-order valence-corrected chi connectivity index (χ0v) is 17.9. The lowest BCUT2D eigenvalue weighted by Gasteiger charge is -2.19. The first-order valence-electron chi connectivity index (χ1n) is 10.4. The number of likely N-dealkylation sites (N-methyl/N-ethyl adjacent to an activating group) is 2. The van der Waals surface area contributed by atoms with Crippen molar-refractivity contribution >= 4 is 28.5 Å². The van der Waals surface area contributed by atoms with Crippen LogP contribution in [0.15, 0.2) is 30.5 Å². The van der Waals surface area contributed by atoms with E-state index in [1.807, 2.05) is 38.1 Å². The van der Waals surface area contributed by atoms with Gasteiger partial charge in [-0.3, -0.25) is 14.4 Å². The Morgan fingerprint density at radius 2 is 1.62 bits per heavy atom. The highest BCUT2D eigenvalue weighted by Crippen LogP contribution is 2.22. The minimum Gasteiger partial charge on any atom is -0.348 e. The number of hydrogen-bond donors (Lipinski definition) is 1. The van der Waals surface area contributed by atoms with Gasteiger partial charge in [0.15, 0.2) is 0 Å². The van der Waals surface area contributed by atoms with Gasteiger partial charge < -0.3 is 19.7 Å². The number of para-hydroxylation sites is 1. The maximum Gasteiger partial charge on any atom is 0.292 e. The van der Waals surface area contributed by atoms with Crippen LogP contribution in [0.2, 0.25) is 0 Å². The quantitative estimate of drug-likeness (QED) is 0.463. The first-order valence-corrected chi connectivity index (χ1v) is 10.4. The van der Waals surface area contributed by atoms with Crippen LogP contribution in [-0.2, 0) is 16.1 Å². The number of carbonyl (C=O) groups excluding carboxylic acids is 3. The lowest BCUT2D eigenvalue weighted by molar-refractivity contribution is -0.131. The third-order valence-electron chi connectivity index (χ3n) is 5.27. The maximum absolute atomic E-state index is 12.8. The monoisotopic (exact) mass is 400 g/mol. The molecule has 0 fully saturated rings. The largest absolute Gasteiger partial charge is 0.348 e. The van der Waals surface area contributed by atoms with Crippen molar-refractivity contribution in [1.82, 2.24) is 19.7 Å². The van der Waals surface area contributed by atoms with E-state index >= 15 is 0 Å². The van der Waals surface area contributed by atoms with Crippen molar-refractivity contribution in [3.63, 3.8) is 0 Å². The van der Waals surface area contributed by atoms with Gasteiger partial charge in [-0.25, -0.2) is 0 Å². The van der Waals surface area contributed by atoms with Gasteiger partial charge in [-0.15, -0.1) is 0 Å². The summed E-state index contributed by atoms with van der Waals surface area (Å²) >= 11 is 0. The first-order chi connectivity index (χ1) is 14.0. The second-order valence-electron chi connectivity index (χ2n) is 6.87. The number of benzene rings is 1. The first kappa shape index (κ1) is 22.6. The topological polar surface area (TPSA) is 74.6 Å². The van der Waals surface area contributed by atoms with Crippen LogP contribution < -0.4 is 5.32 Å². The summed E-state index contributed by atoms with van der Waals surface area (Å²) in [4.78, 5) is 41.7. The number of hydrogen-bond acceptors (Lipinski definition) is 4. The zero-order chi connectivity index (χ0) is 21.4. The SMILES string of the molecule is CCN(CC)CCNC(=O)C(=O)c1cn(CC(=O)N(CC)CC)c2ccccc12. The van der Waals surface area contributed by atoms with Crippen molar-refractivity contribution in [3.05, 3.63) is 36.0 Å². The van der Waals surface area contributed by atoms with E-state index < -0.39 is 11.7 Å². The van der Waals surface area contributed by atoms with Crippen LogP contribution in [-0.4, -0.2) is 71.2 Å². The molecule has 1 heterocycles. The van der Waals surface area contributed by atoms with Crippen LogP contribution in [0.3, 0.4) is 0 Å². The molecule has 2 rings (SSSR count). The van der Waals surface area contributed by atoms with Gasteiger partial charge >= 0.3 is 0 Å². The Balaban J connectivity index is 2.19. The highest BCUT2D eigenvalue weighted by Gasteiger charge is 2.22. The van der Waals surface area contributed by atoms with E-state index in [1.54, 1.807) is 15.7 Å². The van der Waals surface area contributed by atoms with Gasteiger partial charge in [0, 0.05) is 43.3 Å². The minimum absolute atomic E-state index is 0.0153. The van der Waals surface area contributed by atoms with E-state index in [1.165, 1.54) is 0 Å². The normalized spacial score (nSPS) is 11.1. The van der Waals surface area contributed by atoms with Gasteiger partial charge in [-0.2, -0.15) is 0 Å². The molecule has 1 aromatic carbocycles. The average Bonchev–Trinajstić information content (AvgIpc) is 3.10. The summed E-state index contributed by atoms with van der Waals surface area (Å²) in [6.07, 6.45) is 1.62. The summed E-state index contributed by atoms with van der Waals surface area (Å²) in [5.41, 5.74) is 1.10. The Morgan fingerprint density at radius 1 is 0.966 bits per heavy atom. The van der Waals surface area contributed by atoms with Crippen LogP contribution in [0, 0.1) is 0 Å². The predicted molar refractivity (Wildman–Crippen MR) is 115 cm³/mol. The summed E-state index contributed by atoms with van der Waals surface area (Å²) < 4.78 is 1.76. The second-order valence-corrected chi connectivity index (χ2v) is 6.87. The van der Waals surface area contributed by atoms with Gasteiger partial charge in [0.2, 0.25) is 5.91 Å². The van der Waals surface area contributed by atoms with Crippen molar-refractivity contribution in [2.24, 2.45) is 0 Å². The van der Waals surface area contributed by atoms with Gasteiger partial charge in [-0.05, 0) is 33.0 Å². The van der Waals surface area contributed by atoms with Crippen molar-refractivity contribution in [1.29, 1.82) is 0 Å².